The first-order chi connectivity index (χ1) is 13.1. The van der Waals surface area contributed by atoms with Crippen LogP contribution < -0.4 is 10.6 Å². The zero-order valence-electron chi connectivity index (χ0n) is 15.4. The van der Waals surface area contributed by atoms with Crippen molar-refractivity contribution in [3.05, 3.63) is 65.6 Å². The Bertz CT molecular complexity index is 908. The molecule has 0 radical (unpaired) electrons. The average molecular weight is 365 g/mol. The molecule has 0 saturated carbocycles. The molecule has 7 heteroatoms. The van der Waals surface area contributed by atoms with E-state index in [4.69, 9.17) is 0 Å². The highest BCUT2D eigenvalue weighted by atomic mass is 16.3. The molecule has 2 heterocycles. The number of hydrogen-bond acceptors (Lipinski definition) is 5. The molecule has 0 spiro atoms. The number of hydrogen-bond donors (Lipinski definition) is 4. The van der Waals surface area contributed by atoms with E-state index in [0.717, 1.165) is 28.9 Å². The average Bonchev–Trinajstić information content (AvgIpc) is 3.18. The Morgan fingerprint density at radius 2 is 2.07 bits per heavy atom. The quantitative estimate of drug-likeness (QED) is 0.515. The summed E-state index contributed by atoms with van der Waals surface area (Å²) in [6, 6.07) is 10.7. The zero-order chi connectivity index (χ0) is 19.2. The van der Waals surface area contributed by atoms with E-state index in [1.54, 1.807) is 18.5 Å². The minimum atomic E-state index is -0.466. The lowest BCUT2D eigenvalue weighted by Crippen LogP contribution is -2.30. The number of carbonyl (C=O) groups excluding carboxylic acids is 1. The molecule has 0 aliphatic carbocycles. The number of nitrogens with one attached hydrogen (secondary N) is 3. The highest BCUT2D eigenvalue weighted by Gasteiger charge is 2.17. The van der Waals surface area contributed by atoms with Gasteiger partial charge in [0.1, 0.15) is 5.69 Å². The molecular formula is C20H23N5O2. The standard InChI is InChI=1S/C20H23N5O2/c1-3-21-20-23-10-13(2)18(25-20)15-9-16(22-11-15)19(27)24-17(12-26)14-7-5-4-6-8-14/h4-11,17,22,26H,3,12H2,1-2H3,(H,24,27)(H,21,23,25)/t17-/m1/s1. The summed E-state index contributed by atoms with van der Waals surface area (Å²) < 4.78 is 0. The number of aliphatic hydroxyl groups is 1. The lowest BCUT2D eigenvalue weighted by Gasteiger charge is -2.16. The number of aromatic nitrogens is 3. The summed E-state index contributed by atoms with van der Waals surface area (Å²) in [4.78, 5) is 24.3. The number of nitrogens with zero attached hydrogens (tertiary/aromatic N) is 2. The number of H-pyrrole nitrogens is 1. The number of aliphatic hydroxyl groups excluding tert-OH is 1. The Balaban J connectivity index is 1.79. The third kappa shape index (κ3) is 4.32. The van der Waals surface area contributed by atoms with Gasteiger partial charge in [0.25, 0.3) is 5.91 Å². The molecule has 2 aromatic heterocycles. The van der Waals surface area contributed by atoms with E-state index in [2.05, 4.69) is 25.6 Å². The molecular weight excluding hydrogens is 342 g/mol. The van der Waals surface area contributed by atoms with E-state index < -0.39 is 6.04 Å². The van der Waals surface area contributed by atoms with Gasteiger partial charge in [-0.3, -0.25) is 4.79 Å². The van der Waals surface area contributed by atoms with Crippen molar-refractivity contribution in [2.24, 2.45) is 0 Å². The van der Waals surface area contributed by atoms with Gasteiger partial charge in [0, 0.05) is 24.5 Å². The number of anilines is 1. The summed E-state index contributed by atoms with van der Waals surface area (Å²) in [6.45, 7) is 4.45. The van der Waals surface area contributed by atoms with Crippen LogP contribution in [0.2, 0.25) is 0 Å². The molecule has 1 amide bonds. The van der Waals surface area contributed by atoms with Crippen LogP contribution in [0.4, 0.5) is 5.95 Å². The maximum absolute atomic E-state index is 12.6. The van der Waals surface area contributed by atoms with Crippen LogP contribution in [0.25, 0.3) is 11.3 Å². The van der Waals surface area contributed by atoms with Crippen molar-refractivity contribution in [1.82, 2.24) is 20.3 Å². The second-order valence-electron chi connectivity index (χ2n) is 6.18. The molecule has 0 fully saturated rings. The van der Waals surface area contributed by atoms with Crippen LogP contribution in [0.1, 0.15) is 34.6 Å². The van der Waals surface area contributed by atoms with Gasteiger partial charge in [-0.15, -0.1) is 0 Å². The van der Waals surface area contributed by atoms with Crippen molar-refractivity contribution in [1.29, 1.82) is 0 Å². The number of carbonyl (C=O) groups is 1. The smallest absolute Gasteiger partial charge is 0.268 e. The molecule has 0 bridgehead atoms. The third-order valence-corrected chi connectivity index (χ3v) is 4.20. The molecule has 3 rings (SSSR count). The summed E-state index contributed by atoms with van der Waals surface area (Å²) in [5, 5.41) is 15.6. The lowest BCUT2D eigenvalue weighted by molar-refractivity contribution is 0.0912. The fourth-order valence-electron chi connectivity index (χ4n) is 2.80. The van der Waals surface area contributed by atoms with E-state index in [1.165, 1.54) is 0 Å². The number of amides is 1. The molecule has 0 unspecified atom stereocenters. The molecule has 1 atom stereocenters. The molecule has 0 aliphatic heterocycles. The molecule has 1 aromatic carbocycles. The summed E-state index contributed by atoms with van der Waals surface area (Å²) >= 11 is 0. The van der Waals surface area contributed by atoms with Gasteiger partial charge < -0.3 is 20.7 Å². The fraction of sp³-hybridized carbons (Fsp3) is 0.250. The Labute approximate surface area is 157 Å². The maximum Gasteiger partial charge on any atom is 0.268 e. The van der Waals surface area contributed by atoms with Gasteiger partial charge in [-0.2, -0.15) is 0 Å². The van der Waals surface area contributed by atoms with Gasteiger partial charge >= 0.3 is 0 Å². The van der Waals surface area contributed by atoms with Crippen molar-refractivity contribution in [2.45, 2.75) is 19.9 Å². The van der Waals surface area contributed by atoms with E-state index in [1.807, 2.05) is 44.2 Å². The highest BCUT2D eigenvalue weighted by Crippen LogP contribution is 2.23. The van der Waals surface area contributed by atoms with Crippen LogP contribution in [0, 0.1) is 6.92 Å². The molecule has 3 aromatic rings. The normalized spacial score (nSPS) is 11.8. The van der Waals surface area contributed by atoms with Crippen LogP contribution in [0.3, 0.4) is 0 Å². The first-order valence-corrected chi connectivity index (χ1v) is 8.85. The summed E-state index contributed by atoms with van der Waals surface area (Å²) in [5.74, 6) is 0.262. The summed E-state index contributed by atoms with van der Waals surface area (Å²) in [6.07, 6.45) is 3.50. The SMILES string of the molecule is CCNc1ncc(C)c(-c2c[nH]c(C(=O)N[C@H](CO)c3ccccc3)c2)n1. The Morgan fingerprint density at radius 1 is 1.30 bits per heavy atom. The van der Waals surface area contributed by atoms with Crippen LogP contribution in [0.15, 0.2) is 48.8 Å². The molecule has 0 saturated heterocycles. The Morgan fingerprint density at radius 3 is 2.78 bits per heavy atom. The van der Waals surface area contributed by atoms with Gasteiger partial charge in [0.05, 0.1) is 18.3 Å². The van der Waals surface area contributed by atoms with Gasteiger partial charge in [-0.05, 0) is 31.0 Å². The lowest BCUT2D eigenvalue weighted by atomic mass is 10.1. The third-order valence-electron chi connectivity index (χ3n) is 4.20. The minimum Gasteiger partial charge on any atom is -0.394 e. The van der Waals surface area contributed by atoms with Gasteiger partial charge in [-0.1, -0.05) is 30.3 Å². The second-order valence-corrected chi connectivity index (χ2v) is 6.18. The number of aryl methyl sites for hydroxylation is 1. The topological polar surface area (TPSA) is 103 Å². The predicted octanol–water partition coefficient (Wildman–Crippen LogP) is 2.68. The first-order valence-electron chi connectivity index (χ1n) is 8.85. The largest absolute Gasteiger partial charge is 0.394 e. The molecule has 27 heavy (non-hydrogen) atoms. The summed E-state index contributed by atoms with van der Waals surface area (Å²) in [7, 11) is 0. The highest BCUT2D eigenvalue weighted by molar-refractivity contribution is 5.94. The monoisotopic (exact) mass is 365 g/mol. The Kier molecular flexibility index (Phi) is 5.83. The van der Waals surface area contributed by atoms with Gasteiger partial charge in [-0.25, -0.2) is 9.97 Å². The zero-order valence-corrected chi connectivity index (χ0v) is 15.4. The van der Waals surface area contributed by atoms with Gasteiger partial charge in [0.15, 0.2) is 0 Å². The number of aromatic amines is 1. The number of benzene rings is 1. The van der Waals surface area contributed by atoms with Crippen LogP contribution >= 0.6 is 0 Å². The van der Waals surface area contributed by atoms with Gasteiger partial charge in [0.2, 0.25) is 5.95 Å². The van der Waals surface area contributed by atoms with Crippen molar-refractivity contribution >= 4 is 11.9 Å². The maximum atomic E-state index is 12.6. The summed E-state index contributed by atoms with van der Waals surface area (Å²) in [5.41, 5.74) is 3.74. The van der Waals surface area contributed by atoms with E-state index >= 15 is 0 Å². The molecule has 140 valence electrons. The second kappa shape index (κ2) is 8.46. The fourth-order valence-corrected chi connectivity index (χ4v) is 2.80. The first kappa shape index (κ1) is 18.6. The number of rotatable bonds is 7. The van der Waals surface area contributed by atoms with E-state index in [-0.39, 0.29) is 12.5 Å². The molecule has 4 N–H and O–H groups in total. The predicted molar refractivity (Wildman–Crippen MR) is 104 cm³/mol. The molecule has 7 nitrogen and oxygen atoms in total. The van der Waals surface area contributed by atoms with Crippen molar-refractivity contribution in [3.8, 4) is 11.3 Å². The van der Waals surface area contributed by atoms with Crippen molar-refractivity contribution in [3.63, 3.8) is 0 Å². The van der Waals surface area contributed by atoms with Crippen LogP contribution in [-0.2, 0) is 0 Å². The van der Waals surface area contributed by atoms with Crippen molar-refractivity contribution in [2.75, 3.05) is 18.5 Å². The minimum absolute atomic E-state index is 0.180. The van der Waals surface area contributed by atoms with Crippen LogP contribution in [0.5, 0.6) is 0 Å². The molecule has 0 aliphatic rings. The van der Waals surface area contributed by atoms with Crippen molar-refractivity contribution < 1.29 is 9.90 Å². The van der Waals surface area contributed by atoms with Crippen LogP contribution in [-0.4, -0.2) is 39.1 Å². The Hall–Kier alpha value is -3.19. The van der Waals surface area contributed by atoms with E-state index in [0.29, 0.717) is 11.6 Å². The van der Waals surface area contributed by atoms with E-state index in [9.17, 15) is 9.90 Å².